The molecule has 2 aromatic carbocycles. The lowest BCUT2D eigenvalue weighted by molar-refractivity contribution is -0.133. The largest absolute Gasteiger partial charge is 0.478 e. The highest BCUT2D eigenvalue weighted by Crippen LogP contribution is 2.37. The highest BCUT2D eigenvalue weighted by atomic mass is 16.5. The van der Waals surface area contributed by atoms with Crippen molar-refractivity contribution < 1.29 is 24.5 Å². The van der Waals surface area contributed by atoms with Gasteiger partial charge in [-0.05, 0) is 55.1 Å². The van der Waals surface area contributed by atoms with Crippen LogP contribution in [0.2, 0.25) is 0 Å². The maximum Gasteiger partial charge on any atom is 0.331 e. The van der Waals surface area contributed by atoms with Crippen LogP contribution in [0.5, 0.6) is 0 Å². The van der Waals surface area contributed by atoms with Gasteiger partial charge in [-0.15, -0.1) is 0 Å². The van der Waals surface area contributed by atoms with E-state index in [4.69, 9.17) is 4.74 Å². The van der Waals surface area contributed by atoms with E-state index in [1.165, 1.54) is 5.56 Å². The van der Waals surface area contributed by atoms with Crippen LogP contribution in [-0.2, 0) is 25.2 Å². The molecule has 0 amide bonds. The Balaban J connectivity index is 1.92. The Morgan fingerprint density at radius 1 is 0.941 bits per heavy atom. The number of carbonyl (C=O) groups is 2. The van der Waals surface area contributed by atoms with Gasteiger partial charge in [-0.3, -0.25) is 4.79 Å². The van der Waals surface area contributed by atoms with Gasteiger partial charge in [-0.25, -0.2) is 4.79 Å². The molecule has 3 unspecified atom stereocenters. The first-order valence-electron chi connectivity index (χ1n) is 12.0. The van der Waals surface area contributed by atoms with Gasteiger partial charge in [0.1, 0.15) is 0 Å². The van der Waals surface area contributed by atoms with Gasteiger partial charge in [0.15, 0.2) is 0 Å². The minimum absolute atomic E-state index is 0.144. The van der Waals surface area contributed by atoms with Crippen molar-refractivity contribution in [1.29, 1.82) is 0 Å². The van der Waals surface area contributed by atoms with Gasteiger partial charge in [0.05, 0.1) is 12.7 Å². The van der Waals surface area contributed by atoms with Crippen molar-refractivity contribution in [3.05, 3.63) is 83.9 Å². The van der Waals surface area contributed by atoms with Crippen LogP contribution in [0.3, 0.4) is 0 Å². The lowest BCUT2D eigenvalue weighted by Gasteiger charge is -2.31. The van der Waals surface area contributed by atoms with E-state index in [-0.39, 0.29) is 11.0 Å². The Bertz CT molecular complexity index is 911. The second-order valence-corrected chi connectivity index (χ2v) is 9.56. The summed E-state index contributed by atoms with van der Waals surface area (Å²) in [7, 11) is 0. The molecular weight excluding hydrogens is 428 g/mol. The third kappa shape index (κ3) is 7.56. The number of carboxylic acids is 1. The van der Waals surface area contributed by atoms with Gasteiger partial charge in [-0.1, -0.05) is 87.5 Å². The van der Waals surface area contributed by atoms with Crippen LogP contribution in [-0.4, -0.2) is 35.4 Å². The highest BCUT2D eigenvalue weighted by Gasteiger charge is 2.33. The Morgan fingerprint density at radius 3 is 2.00 bits per heavy atom. The summed E-state index contributed by atoms with van der Waals surface area (Å²) in [5.74, 6) is -0.995. The van der Waals surface area contributed by atoms with E-state index in [0.29, 0.717) is 38.8 Å². The number of carbonyl (C=O) groups excluding carboxylic acids is 1. The molecule has 0 aromatic heterocycles. The van der Waals surface area contributed by atoms with Crippen molar-refractivity contribution in [3.63, 3.8) is 0 Å². The molecule has 3 atom stereocenters. The zero-order valence-electron chi connectivity index (χ0n) is 20.4. The first-order valence-corrected chi connectivity index (χ1v) is 12.0. The molecule has 0 saturated carbocycles. The number of aliphatic carboxylic acids is 1. The highest BCUT2D eigenvalue weighted by molar-refractivity contribution is 5.89. The number of hydrogen-bond acceptors (Lipinski definition) is 4. The Morgan fingerprint density at radius 2 is 1.47 bits per heavy atom. The molecule has 0 heterocycles. The normalized spacial score (nSPS) is 15.5. The third-order valence-electron chi connectivity index (χ3n) is 7.13. The maximum atomic E-state index is 11.7. The molecule has 0 saturated heterocycles. The zero-order chi connectivity index (χ0) is 25.0. The smallest absolute Gasteiger partial charge is 0.331 e. The van der Waals surface area contributed by atoms with Crippen LogP contribution in [0.25, 0.3) is 0 Å². The van der Waals surface area contributed by atoms with Gasteiger partial charge in [0.2, 0.25) is 0 Å². The molecule has 0 radical (unpaired) electrons. The average molecular weight is 467 g/mol. The molecule has 5 heteroatoms. The Labute approximate surface area is 203 Å². The van der Waals surface area contributed by atoms with E-state index in [1.54, 1.807) is 0 Å². The van der Waals surface area contributed by atoms with Crippen molar-refractivity contribution in [2.45, 2.75) is 75.7 Å². The summed E-state index contributed by atoms with van der Waals surface area (Å²) >= 11 is 0. The number of aliphatic hydroxyl groups excluding tert-OH is 1. The van der Waals surface area contributed by atoms with Crippen LogP contribution in [0, 0.1) is 0 Å². The Hall–Kier alpha value is -2.92. The molecule has 2 N–H and O–H groups in total. The molecule has 184 valence electrons. The van der Waals surface area contributed by atoms with Crippen LogP contribution in [0.1, 0.15) is 69.9 Å². The molecular formula is C29H38O5. The molecule has 2 aromatic rings. The lowest BCUT2D eigenvalue weighted by Crippen LogP contribution is -2.29. The quantitative estimate of drug-likeness (QED) is 0.185. The van der Waals surface area contributed by atoms with Crippen LogP contribution < -0.4 is 0 Å². The SMILES string of the molecule is C=C(C(=O)O)C(C)(CCCC(O)CCCC(C)(CCOC=O)c1ccccc1)c1ccccc1. The molecule has 0 aliphatic carbocycles. The fraction of sp³-hybridized carbons (Fsp3) is 0.448. The minimum Gasteiger partial charge on any atom is -0.478 e. The van der Waals surface area contributed by atoms with E-state index < -0.39 is 17.5 Å². The van der Waals surface area contributed by atoms with Gasteiger partial charge < -0.3 is 14.9 Å². The van der Waals surface area contributed by atoms with Crippen molar-refractivity contribution >= 4 is 12.4 Å². The Kier molecular flexibility index (Phi) is 10.5. The number of benzene rings is 2. The van der Waals surface area contributed by atoms with Gasteiger partial charge in [0.25, 0.3) is 6.47 Å². The molecule has 0 fully saturated rings. The predicted molar refractivity (Wildman–Crippen MR) is 135 cm³/mol. The number of rotatable bonds is 16. The fourth-order valence-electron chi connectivity index (χ4n) is 4.66. The van der Waals surface area contributed by atoms with E-state index in [1.807, 2.05) is 55.5 Å². The summed E-state index contributed by atoms with van der Waals surface area (Å²) in [5, 5.41) is 20.2. The third-order valence-corrected chi connectivity index (χ3v) is 7.13. The summed E-state index contributed by atoms with van der Waals surface area (Å²) in [6, 6.07) is 19.8. The molecule has 34 heavy (non-hydrogen) atoms. The molecule has 0 bridgehead atoms. The average Bonchev–Trinajstić information content (AvgIpc) is 2.84. The first-order chi connectivity index (χ1) is 16.2. The van der Waals surface area contributed by atoms with Gasteiger partial charge in [0, 0.05) is 11.0 Å². The monoisotopic (exact) mass is 466 g/mol. The molecule has 0 aliphatic rings. The second-order valence-electron chi connectivity index (χ2n) is 9.56. The fourth-order valence-corrected chi connectivity index (χ4v) is 4.66. The van der Waals surface area contributed by atoms with E-state index in [2.05, 4.69) is 25.6 Å². The summed E-state index contributed by atoms with van der Waals surface area (Å²) in [4.78, 5) is 22.3. The molecule has 0 spiro atoms. The number of aliphatic hydroxyl groups is 1. The molecule has 0 aliphatic heterocycles. The number of ether oxygens (including phenoxy) is 1. The standard InChI is InChI=1S/C29H38O5/c1-23(27(32)33)29(3,25-14-8-5-9-15-25)19-11-17-26(31)16-10-18-28(2,20-21-34-22-30)24-12-6-4-7-13-24/h4-9,12-15,22,26,31H,1,10-11,16-21H2,2-3H3,(H,32,33). The topological polar surface area (TPSA) is 83.8 Å². The summed E-state index contributed by atoms with van der Waals surface area (Å²) in [6.07, 6.45) is 4.54. The van der Waals surface area contributed by atoms with Gasteiger partial charge in [-0.2, -0.15) is 0 Å². The second kappa shape index (κ2) is 13.1. The molecule has 2 rings (SSSR count). The summed E-state index contributed by atoms with van der Waals surface area (Å²) in [5.41, 5.74) is 1.47. The number of carboxylic acid groups (broad SMARTS) is 1. The summed E-state index contributed by atoms with van der Waals surface area (Å²) < 4.78 is 4.96. The maximum absolute atomic E-state index is 11.7. The van der Waals surface area contributed by atoms with Crippen LogP contribution in [0.4, 0.5) is 0 Å². The first kappa shape index (κ1) is 27.3. The van der Waals surface area contributed by atoms with Crippen molar-refractivity contribution in [2.24, 2.45) is 0 Å². The van der Waals surface area contributed by atoms with E-state index >= 15 is 0 Å². The predicted octanol–water partition coefficient (Wildman–Crippen LogP) is 5.81. The summed E-state index contributed by atoms with van der Waals surface area (Å²) in [6.45, 7) is 8.78. The lowest BCUT2D eigenvalue weighted by atomic mass is 9.72. The van der Waals surface area contributed by atoms with E-state index in [0.717, 1.165) is 24.8 Å². The van der Waals surface area contributed by atoms with E-state index in [9.17, 15) is 19.8 Å². The van der Waals surface area contributed by atoms with Crippen molar-refractivity contribution in [2.75, 3.05) is 6.61 Å². The van der Waals surface area contributed by atoms with Crippen molar-refractivity contribution in [1.82, 2.24) is 0 Å². The van der Waals surface area contributed by atoms with Crippen LogP contribution >= 0.6 is 0 Å². The zero-order valence-corrected chi connectivity index (χ0v) is 20.4. The minimum atomic E-state index is -0.995. The number of hydrogen-bond donors (Lipinski definition) is 2. The van der Waals surface area contributed by atoms with Crippen LogP contribution in [0.15, 0.2) is 72.8 Å². The van der Waals surface area contributed by atoms with Crippen molar-refractivity contribution in [3.8, 4) is 0 Å². The van der Waals surface area contributed by atoms with Gasteiger partial charge >= 0.3 is 5.97 Å². The molecule has 5 nitrogen and oxygen atoms in total.